The molecular weight excluding hydrogens is 422 g/mol. The Morgan fingerprint density at radius 2 is 2.27 bits per heavy atom. The third kappa shape index (κ3) is 2.92. The zero-order chi connectivity index (χ0) is 18.5. The normalized spacial score (nSPS) is 24.9. The number of pyridine rings is 1. The van der Waals surface area contributed by atoms with Gasteiger partial charge in [-0.25, -0.2) is 9.78 Å². The van der Waals surface area contributed by atoms with E-state index in [9.17, 15) is 14.4 Å². The Morgan fingerprint density at radius 1 is 1.46 bits per heavy atom. The number of aromatic nitrogens is 2. The van der Waals surface area contributed by atoms with Crippen molar-refractivity contribution >= 4 is 45.2 Å². The molecule has 0 unspecified atom stereocenters. The monoisotopic (exact) mass is 437 g/mol. The van der Waals surface area contributed by atoms with Crippen LogP contribution in [0.2, 0.25) is 0 Å². The molecule has 9 heteroatoms. The molecule has 2 aliphatic heterocycles. The maximum atomic E-state index is 12.5. The average Bonchev–Trinajstić information content (AvgIpc) is 3.10. The number of hydrogen-bond acceptors (Lipinski definition) is 6. The lowest BCUT2D eigenvalue weighted by Crippen LogP contribution is -2.46. The molecule has 2 saturated heterocycles. The fourth-order valence-corrected chi connectivity index (χ4v) is 5.19. The predicted molar refractivity (Wildman–Crippen MR) is 99.7 cm³/mol. The second-order valence-corrected chi connectivity index (χ2v) is 8.95. The lowest BCUT2D eigenvalue weighted by Gasteiger charge is -2.29. The summed E-state index contributed by atoms with van der Waals surface area (Å²) in [5, 5.41) is 0. The predicted octanol–water partition coefficient (Wildman–Crippen LogP) is 1.95. The van der Waals surface area contributed by atoms with Gasteiger partial charge in [-0.2, -0.15) is 0 Å². The second kappa shape index (κ2) is 6.38. The fraction of sp³-hybridized carbons (Fsp3) is 0.412. The highest BCUT2D eigenvalue weighted by Gasteiger charge is 2.53. The second-order valence-electron chi connectivity index (χ2n) is 6.53. The van der Waals surface area contributed by atoms with Crippen LogP contribution in [-0.2, 0) is 20.9 Å². The molecule has 2 aromatic rings. The number of nitrogens with zero attached hydrogens (tertiary/aromatic N) is 3. The third-order valence-electron chi connectivity index (χ3n) is 4.76. The summed E-state index contributed by atoms with van der Waals surface area (Å²) in [7, 11) is 0. The van der Waals surface area contributed by atoms with Crippen LogP contribution in [0.4, 0.5) is 0 Å². The molecule has 0 aliphatic carbocycles. The van der Waals surface area contributed by atoms with E-state index in [-0.39, 0.29) is 22.9 Å². The number of rotatable bonds is 3. The molecule has 0 aromatic carbocycles. The van der Waals surface area contributed by atoms with Crippen molar-refractivity contribution in [3.63, 3.8) is 0 Å². The summed E-state index contributed by atoms with van der Waals surface area (Å²) in [5.74, 6) is 0.0736. The molecule has 136 valence electrons. The summed E-state index contributed by atoms with van der Waals surface area (Å²) in [4.78, 5) is 42.5. The molecule has 4 rings (SSSR count). The molecule has 2 aromatic heterocycles. The largest absolute Gasteiger partial charge is 0.458 e. The first-order valence-electron chi connectivity index (χ1n) is 8.18. The number of carbonyl (C=O) groups excluding carboxylic acids is 2. The van der Waals surface area contributed by atoms with Crippen LogP contribution in [0.25, 0.3) is 5.65 Å². The smallest absolute Gasteiger partial charge is 0.330 e. The highest BCUT2D eigenvalue weighted by atomic mass is 79.9. The number of fused-ring (bicyclic) bond motifs is 2. The van der Waals surface area contributed by atoms with Crippen molar-refractivity contribution in [1.29, 1.82) is 0 Å². The third-order valence-corrected chi connectivity index (χ3v) is 6.73. The van der Waals surface area contributed by atoms with Gasteiger partial charge in [-0.3, -0.25) is 14.0 Å². The van der Waals surface area contributed by atoms with Crippen LogP contribution in [0.15, 0.2) is 33.7 Å². The summed E-state index contributed by atoms with van der Waals surface area (Å²) in [6, 6.07) is 4.27. The van der Waals surface area contributed by atoms with Gasteiger partial charge in [0.15, 0.2) is 0 Å². The van der Waals surface area contributed by atoms with Crippen LogP contribution in [-0.4, -0.2) is 42.8 Å². The summed E-state index contributed by atoms with van der Waals surface area (Å²) in [5.41, 5.74) is 0.610. The lowest BCUT2D eigenvalue weighted by molar-refractivity contribution is -0.154. The van der Waals surface area contributed by atoms with Gasteiger partial charge in [0.25, 0.3) is 5.56 Å². The highest BCUT2D eigenvalue weighted by Crippen LogP contribution is 2.47. The lowest BCUT2D eigenvalue weighted by atomic mass is 10.2. The van der Waals surface area contributed by atoms with E-state index in [2.05, 4.69) is 20.9 Å². The molecule has 0 N–H and O–H groups in total. The van der Waals surface area contributed by atoms with Crippen molar-refractivity contribution in [2.24, 2.45) is 0 Å². The van der Waals surface area contributed by atoms with Crippen molar-refractivity contribution in [1.82, 2.24) is 14.3 Å². The van der Waals surface area contributed by atoms with Crippen molar-refractivity contribution in [2.75, 3.05) is 5.75 Å². The zero-order valence-electron chi connectivity index (χ0n) is 14.0. The van der Waals surface area contributed by atoms with Crippen LogP contribution in [0.1, 0.15) is 25.5 Å². The van der Waals surface area contributed by atoms with Crippen LogP contribution < -0.4 is 5.56 Å². The van der Waals surface area contributed by atoms with Gasteiger partial charge in [0.1, 0.15) is 18.3 Å². The van der Waals surface area contributed by atoms with E-state index in [0.717, 1.165) is 10.9 Å². The van der Waals surface area contributed by atoms with Gasteiger partial charge in [0.05, 0.1) is 10.6 Å². The number of amides is 1. The van der Waals surface area contributed by atoms with Gasteiger partial charge in [0.2, 0.25) is 5.91 Å². The average molecular weight is 438 g/mol. The molecule has 7 nitrogen and oxygen atoms in total. The van der Waals surface area contributed by atoms with Crippen molar-refractivity contribution < 1.29 is 14.3 Å². The Bertz CT molecular complexity index is 978. The maximum Gasteiger partial charge on any atom is 0.330 e. The van der Waals surface area contributed by atoms with Gasteiger partial charge >= 0.3 is 5.97 Å². The number of hydrogen-bond donors (Lipinski definition) is 0. The molecule has 0 bridgehead atoms. The van der Waals surface area contributed by atoms with Gasteiger partial charge < -0.3 is 9.64 Å². The quantitative estimate of drug-likeness (QED) is 0.682. The van der Waals surface area contributed by atoms with Gasteiger partial charge in [-0.05, 0) is 41.4 Å². The molecule has 2 fully saturated rings. The minimum absolute atomic E-state index is 0.00731. The van der Waals surface area contributed by atoms with Crippen LogP contribution in [0.5, 0.6) is 0 Å². The Labute approximate surface area is 161 Å². The summed E-state index contributed by atoms with van der Waals surface area (Å²) >= 11 is 4.93. The first-order valence-corrected chi connectivity index (χ1v) is 9.96. The summed E-state index contributed by atoms with van der Waals surface area (Å²) in [6.07, 6.45) is 2.85. The molecule has 0 spiro atoms. The highest BCUT2D eigenvalue weighted by molar-refractivity contribution is 9.10. The molecule has 4 heterocycles. The Morgan fingerprint density at radius 3 is 3.08 bits per heavy atom. The van der Waals surface area contributed by atoms with E-state index in [4.69, 9.17) is 4.74 Å². The Kier molecular flexibility index (Phi) is 4.31. The molecule has 1 amide bonds. The summed E-state index contributed by atoms with van der Waals surface area (Å²) < 4.78 is 7.56. The SMILES string of the molecule is C[C@@]12CCC(=O)N1[C@H](C(=O)OCc1cc(=O)n3cc(Br)ccc3n1)CS2. The fourth-order valence-electron chi connectivity index (χ4n) is 3.44. The molecular formula is C17H16BrN3O4S. The number of esters is 1. The van der Waals surface area contributed by atoms with Crippen molar-refractivity contribution in [3.05, 3.63) is 44.9 Å². The van der Waals surface area contributed by atoms with E-state index in [0.29, 0.717) is 23.5 Å². The van der Waals surface area contributed by atoms with E-state index in [1.807, 2.05) is 6.92 Å². The number of halogens is 1. The van der Waals surface area contributed by atoms with E-state index >= 15 is 0 Å². The topological polar surface area (TPSA) is 81.0 Å². The molecule has 2 atom stereocenters. The van der Waals surface area contributed by atoms with Crippen molar-refractivity contribution in [3.8, 4) is 0 Å². The van der Waals surface area contributed by atoms with Gasteiger partial charge in [-0.1, -0.05) is 0 Å². The minimum atomic E-state index is -0.572. The Hall–Kier alpha value is -1.87. The summed E-state index contributed by atoms with van der Waals surface area (Å²) in [6.45, 7) is 1.89. The molecule has 0 saturated carbocycles. The first kappa shape index (κ1) is 17.5. The molecule has 0 radical (unpaired) electrons. The van der Waals surface area contributed by atoms with Crippen molar-refractivity contribution in [2.45, 2.75) is 37.3 Å². The maximum absolute atomic E-state index is 12.5. The standard InChI is InChI=1S/C17H16BrN3O4S/c1-17-5-4-14(22)21(17)12(9-26-17)16(24)25-8-11-6-15(23)20-7-10(18)2-3-13(20)19-11/h2-3,6-7,12H,4-5,8-9H2,1H3/t12-,17+/m0/s1. The number of thioether (sulfide) groups is 1. The number of carbonyl (C=O) groups is 2. The first-order chi connectivity index (χ1) is 12.4. The Balaban J connectivity index is 1.50. The van der Waals surface area contributed by atoms with Gasteiger partial charge in [0, 0.05) is 28.9 Å². The van der Waals surface area contributed by atoms with E-state index in [1.165, 1.54) is 10.5 Å². The van der Waals surface area contributed by atoms with E-state index in [1.54, 1.807) is 35.0 Å². The molecule has 26 heavy (non-hydrogen) atoms. The number of ether oxygens (including phenoxy) is 1. The minimum Gasteiger partial charge on any atom is -0.458 e. The van der Waals surface area contributed by atoms with Crippen LogP contribution in [0.3, 0.4) is 0 Å². The zero-order valence-corrected chi connectivity index (χ0v) is 16.4. The van der Waals surface area contributed by atoms with E-state index < -0.39 is 12.0 Å². The molecule has 2 aliphatic rings. The van der Waals surface area contributed by atoms with Crippen LogP contribution >= 0.6 is 27.7 Å². The van der Waals surface area contributed by atoms with Gasteiger partial charge in [-0.15, -0.1) is 11.8 Å². The van der Waals surface area contributed by atoms with Crippen LogP contribution in [0, 0.1) is 0 Å².